The van der Waals surface area contributed by atoms with Gasteiger partial charge in [-0.05, 0) is 37.5 Å². The first-order valence-electron chi connectivity index (χ1n) is 7.31. The number of carboxylic acid groups (broad SMARTS) is 1. The summed E-state index contributed by atoms with van der Waals surface area (Å²) in [5, 5.41) is 14.1. The molecular formula is C17H22N2O4. The highest BCUT2D eigenvalue weighted by atomic mass is 16.4. The average Bonchev–Trinajstić information content (AvgIpc) is 2.49. The minimum atomic E-state index is -1.11. The Bertz CT molecular complexity index is 617. The standard InChI is InChI=1S/C17H22N2O4/c1-10(2)13(16(21)19-14(11(3)4)17(22)23)18-15(20)12-8-6-5-7-9-12/h5-9,11,14H,1-4H3,(H,18,20)(H,19,21)(H,22,23). The van der Waals surface area contributed by atoms with Gasteiger partial charge in [0.2, 0.25) is 0 Å². The Morgan fingerprint density at radius 1 is 1.04 bits per heavy atom. The van der Waals surface area contributed by atoms with Gasteiger partial charge in [-0.15, -0.1) is 0 Å². The summed E-state index contributed by atoms with van der Waals surface area (Å²) in [6, 6.07) is 7.46. The highest BCUT2D eigenvalue weighted by Crippen LogP contribution is 2.07. The van der Waals surface area contributed by atoms with Crippen molar-refractivity contribution in [1.29, 1.82) is 0 Å². The first-order valence-corrected chi connectivity index (χ1v) is 7.31. The van der Waals surface area contributed by atoms with Crippen LogP contribution in [0.4, 0.5) is 0 Å². The van der Waals surface area contributed by atoms with E-state index in [1.807, 2.05) is 0 Å². The van der Waals surface area contributed by atoms with Crippen LogP contribution < -0.4 is 10.6 Å². The summed E-state index contributed by atoms with van der Waals surface area (Å²) in [6.45, 7) is 6.74. The number of hydrogen-bond acceptors (Lipinski definition) is 3. The summed E-state index contributed by atoms with van der Waals surface area (Å²) < 4.78 is 0. The van der Waals surface area contributed by atoms with Gasteiger partial charge in [0.25, 0.3) is 11.8 Å². The molecule has 0 spiro atoms. The molecule has 0 saturated heterocycles. The lowest BCUT2D eigenvalue weighted by Crippen LogP contribution is -2.47. The maximum atomic E-state index is 12.3. The van der Waals surface area contributed by atoms with Crippen LogP contribution in [0.3, 0.4) is 0 Å². The molecule has 1 aromatic rings. The lowest BCUT2D eigenvalue weighted by atomic mass is 10.0. The summed E-state index contributed by atoms with van der Waals surface area (Å²) in [6.07, 6.45) is 0. The smallest absolute Gasteiger partial charge is 0.326 e. The van der Waals surface area contributed by atoms with Gasteiger partial charge in [-0.1, -0.05) is 32.0 Å². The molecule has 0 radical (unpaired) electrons. The van der Waals surface area contributed by atoms with E-state index in [0.717, 1.165) is 0 Å². The van der Waals surface area contributed by atoms with Crippen molar-refractivity contribution in [1.82, 2.24) is 10.6 Å². The minimum Gasteiger partial charge on any atom is -0.480 e. The molecule has 0 fully saturated rings. The summed E-state index contributed by atoms with van der Waals surface area (Å²) in [7, 11) is 0. The topological polar surface area (TPSA) is 95.5 Å². The van der Waals surface area contributed by atoms with Gasteiger partial charge >= 0.3 is 5.97 Å². The molecule has 1 aromatic carbocycles. The van der Waals surface area contributed by atoms with E-state index in [1.54, 1.807) is 58.0 Å². The third kappa shape index (κ3) is 5.25. The third-order valence-electron chi connectivity index (χ3n) is 3.22. The van der Waals surface area contributed by atoms with E-state index in [1.165, 1.54) is 0 Å². The first kappa shape index (κ1) is 18.4. The van der Waals surface area contributed by atoms with E-state index in [9.17, 15) is 14.4 Å². The maximum absolute atomic E-state index is 12.3. The molecule has 124 valence electrons. The zero-order valence-electron chi connectivity index (χ0n) is 13.7. The van der Waals surface area contributed by atoms with Crippen molar-refractivity contribution >= 4 is 17.8 Å². The lowest BCUT2D eigenvalue weighted by Gasteiger charge is -2.20. The Hall–Kier alpha value is -2.63. The summed E-state index contributed by atoms with van der Waals surface area (Å²) >= 11 is 0. The third-order valence-corrected chi connectivity index (χ3v) is 3.22. The summed E-state index contributed by atoms with van der Waals surface area (Å²) in [5.74, 6) is -2.43. The Balaban J connectivity index is 2.91. The van der Waals surface area contributed by atoms with E-state index in [0.29, 0.717) is 11.1 Å². The van der Waals surface area contributed by atoms with Crippen LogP contribution >= 0.6 is 0 Å². The van der Waals surface area contributed by atoms with Crippen LogP contribution in [0, 0.1) is 5.92 Å². The van der Waals surface area contributed by atoms with Crippen molar-refractivity contribution in [3.63, 3.8) is 0 Å². The number of carboxylic acids is 1. The molecule has 0 aliphatic carbocycles. The Labute approximate surface area is 135 Å². The Morgan fingerprint density at radius 3 is 2.04 bits per heavy atom. The number of carbonyl (C=O) groups excluding carboxylic acids is 2. The van der Waals surface area contributed by atoms with Gasteiger partial charge in [-0.3, -0.25) is 9.59 Å². The summed E-state index contributed by atoms with van der Waals surface area (Å²) in [5.41, 5.74) is 1.06. The van der Waals surface area contributed by atoms with Crippen LogP contribution in [0.25, 0.3) is 0 Å². The number of allylic oxidation sites excluding steroid dienone is 1. The zero-order valence-corrected chi connectivity index (χ0v) is 13.7. The number of carbonyl (C=O) groups is 3. The Kier molecular flexibility index (Phi) is 6.50. The average molecular weight is 318 g/mol. The van der Waals surface area contributed by atoms with Crippen molar-refractivity contribution in [3.05, 3.63) is 47.2 Å². The quantitative estimate of drug-likeness (QED) is 0.698. The van der Waals surface area contributed by atoms with Gasteiger partial charge in [0.15, 0.2) is 0 Å². The fraction of sp³-hybridized carbons (Fsp3) is 0.353. The molecule has 1 rings (SSSR count). The fourth-order valence-corrected chi connectivity index (χ4v) is 1.91. The van der Waals surface area contributed by atoms with E-state index >= 15 is 0 Å². The number of nitrogens with one attached hydrogen (secondary N) is 2. The van der Waals surface area contributed by atoms with E-state index < -0.39 is 23.8 Å². The first-order chi connectivity index (χ1) is 10.7. The molecule has 1 unspecified atom stereocenters. The second kappa shape index (κ2) is 8.12. The van der Waals surface area contributed by atoms with Gasteiger partial charge in [-0.2, -0.15) is 0 Å². The van der Waals surface area contributed by atoms with Gasteiger partial charge in [-0.25, -0.2) is 4.79 Å². The number of hydrogen-bond donors (Lipinski definition) is 3. The van der Waals surface area contributed by atoms with Crippen molar-refractivity contribution in [2.45, 2.75) is 33.7 Å². The summed E-state index contributed by atoms with van der Waals surface area (Å²) in [4.78, 5) is 35.7. The second-order valence-corrected chi connectivity index (χ2v) is 5.73. The maximum Gasteiger partial charge on any atom is 0.326 e. The van der Waals surface area contributed by atoms with Crippen LogP contribution in [0.1, 0.15) is 38.1 Å². The van der Waals surface area contributed by atoms with Crippen molar-refractivity contribution in [2.24, 2.45) is 5.92 Å². The van der Waals surface area contributed by atoms with E-state index in [4.69, 9.17) is 5.11 Å². The molecule has 0 heterocycles. The van der Waals surface area contributed by atoms with Gasteiger partial charge in [0, 0.05) is 5.56 Å². The van der Waals surface area contributed by atoms with Crippen LogP contribution in [-0.2, 0) is 9.59 Å². The largest absolute Gasteiger partial charge is 0.480 e. The van der Waals surface area contributed by atoms with Gasteiger partial charge in [0.05, 0.1) is 0 Å². The number of rotatable bonds is 6. The zero-order chi connectivity index (χ0) is 17.6. The van der Waals surface area contributed by atoms with Gasteiger partial charge in [0.1, 0.15) is 11.7 Å². The van der Waals surface area contributed by atoms with Crippen molar-refractivity contribution < 1.29 is 19.5 Å². The van der Waals surface area contributed by atoms with Crippen LogP contribution in [0.2, 0.25) is 0 Å². The molecule has 0 saturated carbocycles. The molecular weight excluding hydrogens is 296 g/mol. The normalized spacial score (nSPS) is 11.5. The Morgan fingerprint density at radius 2 is 1.61 bits per heavy atom. The number of benzene rings is 1. The predicted octanol–water partition coefficient (Wildman–Crippen LogP) is 1.94. The van der Waals surface area contributed by atoms with E-state index in [2.05, 4.69) is 10.6 Å². The van der Waals surface area contributed by atoms with E-state index in [-0.39, 0.29) is 11.6 Å². The molecule has 2 amide bonds. The SMILES string of the molecule is CC(C)=C(NC(=O)c1ccccc1)C(=O)NC(C(=O)O)C(C)C. The molecule has 0 aliphatic rings. The number of amides is 2. The fourth-order valence-electron chi connectivity index (χ4n) is 1.91. The highest BCUT2D eigenvalue weighted by Gasteiger charge is 2.26. The molecule has 6 heteroatoms. The molecule has 6 nitrogen and oxygen atoms in total. The molecule has 0 aliphatic heterocycles. The molecule has 0 aromatic heterocycles. The van der Waals surface area contributed by atoms with Crippen molar-refractivity contribution in [2.75, 3.05) is 0 Å². The molecule has 0 bridgehead atoms. The number of aliphatic carboxylic acids is 1. The molecule has 3 N–H and O–H groups in total. The monoisotopic (exact) mass is 318 g/mol. The minimum absolute atomic E-state index is 0.0609. The van der Waals surface area contributed by atoms with Crippen molar-refractivity contribution in [3.8, 4) is 0 Å². The molecule has 1 atom stereocenters. The lowest BCUT2D eigenvalue weighted by molar-refractivity contribution is -0.142. The predicted molar refractivity (Wildman–Crippen MR) is 86.7 cm³/mol. The van der Waals surface area contributed by atoms with Crippen LogP contribution in [0.5, 0.6) is 0 Å². The van der Waals surface area contributed by atoms with Gasteiger partial charge < -0.3 is 15.7 Å². The highest BCUT2D eigenvalue weighted by molar-refractivity contribution is 6.04. The molecule has 23 heavy (non-hydrogen) atoms. The van der Waals surface area contributed by atoms with Crippen LogP contribution in [-0.4, -0.2) is 28.9 Å². The second-order valence-electron chi connectivity index (χ2n) is 5.73. The van der Waals surface area contributed by atoms with Crippen LogP contribution in [0.15, 0.2) is 41.6 Å².